The molecule has 1 N–H and O–H groups in total. The molecule has 0 unspecified atom stereocenters. The Hall–Kier alpha value is -3.16. The van der Waals surface area contributed by atoms with Crippen LogP contribution in [0.25, 0.3) is 10.9 Å². The number of nitrogens with zero attached hydrogens (tertiary/aromatic N) is 2. The second-order valence-electron chi connectivity index (χ2n) is 7.57. The molecule has 6 nitrogen and oxygen atoms in total. The van der Waals surface area contributed by atoms with E-state index in [1.54, 1.807) is 31.6 Å². The highest BCUT2D eigenvalue weighted by Crippen LogP contribution is 2.42. The van der Waals surface area contributed by atoms with Crippen LogP contribution in [0.2, 0.25) is 0 Å². The summed E-state index contributed by atoms with van der Waals surface area (Å²) in [7, 11) is 3.33. The van der Waals surface area contributed by atoms with E-state index >= 15 is 0 Å². The first-order chi connectivity index (χ1) is 15.2. The molecule has 0 amide bonds. The van der Waals surface area contributed by atoms with Gasteiger partial charge in [0.1, 0.15) is 5.82 Å². The molecule has 5 rings (SSSR count). The molecule has 0 saturated carbocycles. The van der Waals surface area contributed by atoms with Crippen molar-refractivity contribution >= 4 is 22.2 Å². The molecule has 3 heterocycles. The summed E-state index contributed by atoms with van der Waals surface area (Å²) in [6, 6.07) is 15.9. The van der Waals surface area contributed by atoms with Gasteiger partial charge in [-0.05, 0) is 53.3 Å². The van der Waals surface area contributed by atoms with Crippen molar-refractivity contribution in [3.63, 3.8) is 0 Å². The van der Waals surface area contributed by atoms with Crippen LogP contribution in [0.3, 0.4) is 0 Å². The van der Waals surface area contributed by atoms with Gasteiger partial charge in [-0.3, -0.25) is 9.69 Å². The maximum Gasteiger partial charge on any atom is 0.258 e. The Morgan fingerprint density at radius 1 is 1.13 bits per heavy atom. The number of nitrogens with one attached hydrogen (secondary N) is 1. The summed E-state index contributed by atoms with van der Waals surface area (Å²) >= 11 is 1.73. The van der Waals surface area contributed by atoms with Gasteiger partial charge in [0.15, 0.2) is 11.5 Å². The molecule has 1 atom stereocenters. The molecular formula is C24H23N3O3S. The number of methoxy groups -OCH3 is 2. The van der Waals surface area contributed by atoms with E-state index in [2.05, 4.69) is 39.5 Å². The zero-order valence-corrected chi connectivity index (χ0v) is 18.2. The molecule has 0 fully saturated rings. The van der Waals surface area contributed by atoms with Crippen LogP contribution in [0.5, 0.6) is 11.5 Å². The van der Waals surface area contributed by atoms with Gasteiger partial charge in [0.25, 0.3) is 5.56 Å². The normalized spacial score (nSPS) is 16.3. The van der Waals surface area contributed by atoms with Crippen LogP contribution in [0.1, 0.15) is 27.9 Å². The lowest BCUT2D eigenvalue weighted by atomic mass is 9.91. The number of fused-ring (bicyclic) bond motifs is 2. The van der Waals surface area contributed by atoms with Gasteiger partial charge in [-0.1, -0.05) is 18.2 Å². The number of hydrogen-bond acceptors (Lipinski definition) is 6. The third-order valence-corrected chi connectivity index (χ3v) is 6.73. The zero-order valence-electron chi connectivity index (χ0n) is 17.4. The van der Waals surface area contributed by atoms with Crippen LogP contribution in [-0.4, -0.2) is 35.6 Å². The van der Waals surface area contributed by atoms with E-state index in [4.69, 9.17) is 14.5 Å². The molecule has 2 aromatic carbocycles. The van der Waals surface area contributed by atoms with E-state index in [0.29, 0.717) is 17.8 Å². The molecule has 1 aliphatic rings. The fraction of sp³-hybridized carbons (Fsp3) is 0.250. The second-order valence-corrected chi connectivity index (χ2v) is 8.55. The van der Waals surface area contributed by atoms with E-state index in [0.717, 1.165) is 30.0 Å². The monoisotopic (exact) mass is 433 g/mol. The van der Waals surface area contributed by atoms with Gasteiger partial charge in [0, 0.05) is 11.4 Å². The van der Waals surface area contributed by atoms with Crippen molar-refractivity contribution < 1.29 is 9.47 Å². The molecule has 31 heavy (non-hydrogen) atoms. The topological polar surface area (TPSA) is 67.5 Å². The number of aromatic amines is 1. The number of ether oxygens (including phenoxy) is 2. The maximum atomic E-state index is 12.6. The highest BCUT2D eigenvalue weighted by molar-refractivity contribution is 7.10. The summed E-state index contributed by atoms with van der Waals surface area (Å²) in [4.78, 5) is 23.9. The zero-order chi connectivity index (χ0) is 21.4. The highest BCUT2D eigenvalue weighted by Gasteiger charge is 2.31. The average Bonchev–Trinajstić information content (AvgIpc) is 3.32. The Labute approximate surface area is 184 Å². The molecule has 4 aromatic rings. The Morgan fingerprint density at radius 2 is 1.94 bits per heavy atom. The SMILES string of the molecule is COc1cc2c(cc1OC)[C@H](c1cccs1)N(Cc1nc3ccccc3c(=O)[nH]1)CC2. The quantitative estimate of drug-likeness (QED) is 0.512. The fourth-order valence-corrected chi connectivity index (χ4v) is 5.23. The van der Waals surface area contributed by atoms with Crippen LogP contribution >= 0.6 is 11.3 Å². The molecule has 0 spiro atoms. The Morgan fingerprint density at radius 3 is 2.71 bits per heavy atom. The van der Waals surface area contributed by atoms with Crippen LogP contribution in [-0.2, 0) is 13.0 Å². The van der Waals surface area contributed by atoms with Crippen LogP contribution in [0, 0.1) is 0 Å². The first-order valence-electron chi connectivity index (χ1n) is 10.2. The lowest BCUT2D eigenvalue weighted by Gasteiger charge is -2.37. The van der Waals surface area contributed by atoms with E-state index < -0.39 is 0 Å². The summed E-state index contributed by atoms with van der Waals surface area (Å²) in [6.07, 6.45) is 0.884. The molecule has 0 aliphatic carbocycles. The molecule has 1 aliphatic heterocycles. The average molecular weight is 434 g/mol. The number of para-hydroxylation sites is 1. The number of aromatic nitrogens is 2. The minimum Gasteiger partial charge on any atom is -0.493 e. The number of hydrogen-bond donors (Lipinski definition) is 1. The van der Waals surface area contributed by atoms with Crippen molar-refractivity contribution in [3.8, 4) is 11.5 Å². The summed E-state index contributed by atoms with van der Waals surface area (Å²) < 4.78 is 11.1. The van der Waals surface area contributed by atoms with Gasteiger partial charge < -0.3 is 14.5 Å². The van der Waals surface area contributed by atoms with Crippen molar-refractivity contribution in [2.75, 3.05) is 20.8 Å². The second kappa shape index (κ2) is 8.17. The first-order valence-corrected chi connectivity index (χ1v) is 11.1. The number of thiophene rings is 1. The van der Waals surface area contributed by atoms with Crippen molar-refractivity contribution in [2.45, 2.75) is 19.0 Å². The molecule has 158 valence electrons. The largest absolute Gasteiger partial charge is 0.493 e. The lowest BCUT2D eigenvalue weighted by Crippen LogP contribution is -2.36. The van der Waals surface area contributed by atoms with E-state index in [1.807, 2.05) is 18.2 Å². The summed E-state index contributed by atoms with van der Waals surface area (Å²) in [5.41, 5.74) is 3.08. The Kier molecular flexibility index (Phi) is 5.21. The van der Waals surface area contributed by atoms with E-state index in [9.17, 15) is 4.79 Å². The molecule has 0 saturated heterocycles. The summed E-state index contributed by atoms with van der Waals surface area (Å²) in [5, 5.41) is 2.71. The number of rotatable bonds is 5. The summed E-state index contributed by atoms with van der Waals surface area (Å²) in [5.74, 6) is 2.15. The molecular weight excluding hydrogens is 410 g/mol. The Balaban J connectivity index is 1.57. The van der Waals surface area contributed by atoms with Gasteiger partial charge in [0.05, 0.1) is 37.7 Å². The number of benzene rings is 2. The van der Waals surface area contributed by atoms with Crippen molar-refractivity contribution in [2.24, 2.45) is 0 Å². The lowest BCUT2D eigenvalue weighted by molar-refractivity contribution is 0.201. The van der Waals surface area contributed by atoms with Gasteiger partial charge in [0.2, 0.25) is 0 Å². The molecule has 0 bridgehead atoms. The first kappa shape index (κ1) is 19.8. The molecule has 0 radical (unpaired) electrons. The third-order valence-electron chi connectivity index (χ3n) is 5.80. The van der Waals surface area contributed by atoms with Crippen molar-refractivity contribution in [1.82, 2.24) is 14.9 Å². The van der Waals surface area contributed by atoms with E-state index in [1.165, 1.54) is 16.0 Å². The van der Waals surface area contributed by atoms with Gasteiger partial charge in [-0.25, -0.2) is 4.98 Å². The maximum absolute atomic E-state index is 12.6. The molecule has 2 aromatic heterocycles. The number of H-pyrrole nitrogens is 1. The van der Waals surface area contributed by atoms with E-state index in [-0.39, 0.29) is 11.6 Å². The van der Waals surface area contributed by atoms with Crippen molar-refractivity contribution in [1.29, 1.82) is 0 Å². The van der Waals surface area contributed by atoms with Crippen LogP contribution in [0.15, 0.2) is 58.7 Å². The Bertz CT molecular complexity index is 1280. The fourth-order valence-electron chi connectivity index (χ4n) is 4.35. The van der Waals surface area contributed by atoms with Gasteiger partial charge >= 0.3 is 0 Å². The minimum atomic E-state index is -0.0999. The standard InChI is InChI=1S/C24H23N3O3S/c1-29-19-12-15-9-10-27(14-22-25-18-7-4-3-6-16(18)24(28)26-22)23(21-8-5-11-31-21)17(15)13-20(19)30-2/h3-8,11-13,23H,9-10,14H2,1-2H3,(H,25,26,28)/t23-/m1/s1. The summed E-state index contributed by atoms with van der Waals surface area (Å²) in [6.45, 7) is 1.40. The highest BCUT2D eigenvalue weighted by atomic mass is 32.1. The van der Waals surface area contributed by atoms with Crippen LogP contribution < -0.4 is 15.0 Å². The predicted molar refractivity (Wildman–Crippen MR) is 122 cm³/mol. The minimum absolute atomic E-state index is 0.0559. The predicted octanol–water partition coefficient (Wildman–Crippen LogP) is 4.15. The van der Waals surface area contributed by atoms with Crippen LogP contribution in [0.4, 0.5) is 0 Å². The third kappa shape index (κ3) is 3.60. The molecule has 7 heteroatoms. The smallest absolute Gasteiger partial charge is 0.258 e. The van der Waals surface area contributed by atoms with Crippen molar-refractivity contribution in [3.05, 3.63) is 86.1 Å². The van der Waals surface area contributed by atoms with Gasteiger partial charge in [-0.15, -0.1) is 11.3 Å². The van der Waals surface area contributed by atoms with Gasteiger partial charge in [-0.2, -0.15) is 0 Å².